The summed E-state index contributed by atoms with van der Waals surface area (Å²) in [7, 11) is 0. The van der Waals surface area contributed by atoms with E-state index in [0.717, 1.165) is 21.4 Å². The van der Waals surface area contributed by atoms with E-state index in [-0.39, 0.29) is 51.2 Å². The number of nitrogens with two attached hydrogens (primary N) is 3. The summed E-state index contributed by atoms with van der Waals surface area (Å²) >= 11 is 0. The Morgan fingerprint density at radius 2 is 1.72 bits per heavy atom. The van der Waals surface area contributed by atoms with Crippen LogP contribution in [-0.4, -0.2) is 100 Å². The van der Waals surface area contributed by atoms with E-state index in [0.29, 0.717) is 5.56 Å². The fourth-order valence-electron chi connectivity index (χ4n) is 5.83. The average Bonchev–Trinajstić information content (AvgIpc) is 3.68. The maximum absolute atomic E-state index is 13.5. The van der Waals surface area contributed by atoms with Crippen LogP contribution in [0.5, 0.6) is 0 Å². The summed E-state index contributed by atoms with van der Waals surface area (Å²) in [6.07, 6.45) is 1.10. The fourth-order valence-corrected chi connectivity index (χ4v) is 5.83. The number of nitrogens with zero attached hydrogens (tertiary/aromatic N) is 1. The van der Waals surface area contributed by atoms with Gasteiger partial charge in [0.05, 0.1) is 18.7 Å². The van der Waals surface area contributed by atoms with Gasteiger partial charge in [0.2, 0.25) is 29.5 Å². The number of likely N-dealkylation sites (tertiary alicyclic amines) is 1. The van der Waals surface area contributed by atoms with Crippen molar-refractivity contribution in [3.05, 3.63) is 71.7 Å². The van der Waals surface area contributed by atoms with E-state index in [2.05, 4.69) is 26.3 Å². The molecule has 17 heteroatoms. The van der Waals surface area contributed by atoms with Crippen LogP contribution in [-0.2, 0) is 36.8 Å². The second-order valence-electron chi connectivity index (χ2n) is 12.2. The minimum absolute atomic E-state index is 0.0528. The standard InChI is InChI=1S/C33H43FN10O6/c34-20-9-7-18(8-10-20)12-23(35)32(50)44-17-21(45)14-27(44)31(49)43-25(6-3-11-39-33(37)38)30(48)41-16-28(46)42-26(29(36)47)13-19-15-40-24-5-2-1-4-22(19)24/h1-2,4-5,7-10,15,21,23,25-27,40,45H,3,6,11-14,16-17,35H2,(H2,36,47)(H,41,48)(H,42,46)(H,43,49)(H4,37,38,39)/t21-,23?,25?,26?,27+/m1/s1. The minimum atomic E-state index is -1.19. The smallest absolute Gasteiger partial charge is 0.243 e. The average molecular weight is 695 g/mol. The summed E-state index contributed by atoms with van der Waals surface area (Å²) in [5.41, 5.74) is 19.3. The molecular formula is C33H43FN10O6. The Hall–Kier alpha value is -5.55. The number of benzene rings is 2. The van der Waals surface area contributed by atoms with Gasteiger partial charge in [0.25, 0.3) is 0 Å². The molecule has 4 rings (SSSR count). The lowest BCUT2D eigenvalue weighted by atomic mass is 10.0. The molecule has 2 aromatic carbocycles. The van der Waals surface area contributed by atoms with Gasteiger partial charge >= 0.3 is 0 Å². The normalized spacial score (nSPS) is 17.4. The number of halogens is 1. The highest BCUT2D eigenvalue weighted by atomic mass is 19.1. The van der Waals surface area contributed by atoms with E-state index in [1.165, 1.54) is 24.3 Å². The van der Waals surface area contributed by atoms with Crippen molar-refractivity contribution < 1.29 is 33.5 Å². The Kier molecular flexibility index (Phi) is 12.8. The number of hydrogen-bond donors (Lipinski definition) is 10. The summed E-state index contributed by atoms with van der Waals surface area (Å²) < 4.78 is 13.3. The largest absolute Gasteiger partial charge is 0.391 e. The summed E-state index contributed by atoms with van der Waals surface area (Å²) in [6.45, 7) is -0.499. The first-order valence-corrected chi connectivity index (χ1v) is 16.1. The van der Waals surface area contributed by atoms with Gasteiger partial charge in [-0.2, -0.15) is 0 Å². The highest BCUT2D eigenvalue weighted by Crippen LogP contribution is 2.21. The molecule has 268 valence electrons. The number of aromatic amines is 1. The third-order valence-electron chi connectivity index (χ3n) is 8.37. The van der Waals surface area contributed by atoms with E-state index in [4.69, 9.17) is 22.6 Å². The fraction of sp³-hybridized carbons (Fsp3) is 0.394. The third-order valence-corrected chi connectivity index (χ3v) is 8.37. The zero-order valence-electron chi connectivity index (χ0n) is 27.3. The van der Waals surface area contributed by atoms with Crippen molar-refractivity contribution in [2.45, 2.75) is 62.4 Å². The van der Waals surface area contributed by atoms with E-state index in [1.807, 2.05) is 24.3 Å². The molecule has 50 heavy (non-hydrogen) atoms. The number of aliphatic hydroxyl groups is 1. The number of fused-ring (bicyclic) bond motifs is 1. The van der Waals surface area contributed by atoms with Gasteiger partial charge in [-0.25, -0.2) is 4.39 Å². The minimum Gasteiger partial charge on any atom is -0.391 e. The van der Waals surface area contributed by atoms with Gasteiger partial charge in [-0.15, -0.1) is 0 Å². The summed E-state index contributed by atoms with van der Waals surface area (Å²) in [6, 6.07) is 8.41. The Morgan fingerprint density at radius 3 is 2.42 bits per heavy atom. The molecule has 0 bridgehead atoms. The number of carbonyl (C=O) groups is 5. The SMILES string of the molecule is N=C(N)NCCCC(NC(=O)[C@@H]1C[C@@H](O)CN1C(=O)C(N)Cc1ccc(F)cc1)C(=O)NCC(=O)NC(Cc1c[nH]c2ccccc12)C(N)=O. The van der Waals surface area contributed by atoms with E-state index in [9.17, 15) is 33.5 Å². The molecule has 0 spiro atoms. The van der Waals surface area contributed by atoms with Crippen LogP contribution in [0.15, 0.2) is 54.7 Å². The summed E-state index contributed by atoms with van der Waals surface area (Å²) in [5, 5.41) is 28.8. The van der Waals surface area contributed by atoms with Gasteiger partial charge in [0.1, 0.15) is 23.9 Å². The van der Waals surface area contributed by atoms with Crippen LogP contribution in [0.25, 0.3) is 10.9 Å². The zero-order chi connectivity index (χ0) is 36.4. The maximum Gasteiger partial charge on any atom is 0.243 e. The first kappa shape index (κ1) is 37.3. The molecule has 3 aromatic rings. The van der Waals surface area contributed by atoms with Crippen molar-refractivity contribution in [1.29, 1.82) is 5.41 Å². The lowest BCUT2D eigenvalue weighted by molar-refractivity contribution is -0.140. The number of nitrogens with one attached hydrogen (secondary N) is 6. The van der Waals surface area contributed by atoms with Gasteiger partial charge in [0, 0.05) is 43.0 Å². The Balaban J connectivity index is 1.38. The Labute approximate surface area is 287 Å². The molecule has 0 aliphatic carbocycles. The number of rotatable bonds is 16. The second kappa shape index (κ2) is 17.2. The van der Waals surface area contributed by atoms with Gasteiger partial charge in [-0.1, -0.05) is 30.3 Å². The number of β-amino-alcohol motifs (C(OH)–C–C–N with tert-alkyl or cyclic N) is 1. The number of para-hydroxylation sites is 1. The molecule has 2 heterocycles. The molecule has 1 aromatic heterocycles. The van der Waals surface area contributed by atoms with Crippen LogP contribution in [0.3, 0.4) is 0 Å². The topological polar surface area (TPSA) is 275 Å². The molecule has 1 saturated heterocycles. The van der Waals surface area contributed by atoms with Crippen LogP contribution >= 0.6 is 0 Å². The highest BCUT2D eigenvalue weighted by molar-refractivity contribution is 5.95. The van der Waals surface area contributed by atoms with Crippen molar-refractivity contribution >= 4 is 46.4 Å². The van der Waals surface area contributed by atoms with Crippen LogP contribution in [0.4, 0.5) is 4.39 Å². The zero-order valence-corrected chi connectivity index (χ0v) is 27.3. The lowest BCUT2D eigenvalue weighted by Crippen LogP contribution is -2.56. The monoisotopic (exact) mass is 694 g/mol. The van der Waals surface area contributed by atoms with Crippen LogP contribution in [0.2, 0.25) is 0 Å². The number of carbonyl (C=O) groups excluding carboxylic acids is 5. The Bertz CT molecular complexity index is 1700. The number of primary amides is 1. The van der Waals surface area contributed by atoms with E-state index < -0.39 is 72.2 Å². The lowest BCUT2D eigenvalue weighted by Gasteiger charge is -2.28. The van der Waals surface area contributed by atoms with Gasteiger partial charge in [0.15, 0.2) is 5.96 Å². The molecule has 1 aliphatic heterocycles. The predicted octanol–water partition coefficient (Wildman–Crippen LogP) is -1.78. The molecule has 0 radical (unpaired) electrons. The van der Waals surface area contributed by atoms with Gasteiger partial charge < -0.3 is 53.5 Å². The molecule has 1 aliphatic rings. The Morgan fingerprint density at radius 1 is 1.00 bits per heavy atom. The van der Waals surface area contributed by atoms with Crippen LogP contribution in [0, 0.1) is 11.2 Å². The quantitative estimate of drug-likeness (QED) is 0.0460. The molecule has 1 fully saturated rings. The van der Waals surface area contributed by atoms with E-state index >= 15 is 0 Å². The molecular weight excluding hydrogens is 651 g/mol. The highest BCUT2D eigenvalue weighted by Gasteiger charge is 2.41. The number of guanidine groups is 1. The molecule has 13 N–H and O–H groups in total. The number of hydrogen-bond acceptors (Lipinski definition) is 8. The first-order chi connectivity index (χ1) is 23.8. The van der Waals surface area contributed by atoms with Crippen LogP contribution in [0.1, 0.15) is 30.4 Å². The van der Waals surface area contributed by atoms with Gasteiger partial charge in [-0.05, 0) is 48.6 Å². The maximum atomic E-state index is 13.5. The molecule has 16 nitrogen and oxygen atoms in total. The third kappa shape index (κ3) is 10.2. The van der Waals surface area contributed by atoms with Crippen molar-refractivity contribution in [1.82, 2.24) is 31.2 Å². The van der Waals surface area contributed by atoms with Crippen molar-refractivity contribution in [2.24, 2.45) is 17.2 Å². The van der Waals surface area contributed by atoms with E-state index in [1.54, 1.807) is 6.20 Å². The molecule has 5 atom stereocenters. The van der Waals surface area contributed by atoms with Crippen molar-refractivity contribution in [3.8, 4) is 0 Å². The number of H-pyrrole nitrogens is 1. The van der Waals surface area contributed by atoms with Crippen LogP contribution < -0.4 is 38.5 Å². The first-order valence-electron chi connectivity index (χ1n) is 16.1. The van der Waals surface area contributed by atoms with Crippen molar-refractivity contribution in [2.75, 3.05) is 19.6 Å². The number of aromatic nitrogens is 1. The van der Waals surface area contributed by atoms with Crippen molar-refractivity contribution in [3.63, 3.8) is 0 Å². The van der Waals surface area contributed by atoms with Gasteiger partial charge in [-0.3, -0.25) is 29.4 Å². The second-order valence-corrected chi connectivity index (χ2v) is 12.2. The number of amides is 5. The number of aliphatic hydroxyl groups excluding tert-OH is 1. The molecule has 5 amide bonds. The summed E-state index contributed by atoms with van der Waals surface area (Å²) in [4.78, 5) is 69.4. The summed E-state index contributed by atoms with van der Waals surface area (Å²) in [5.74, 6) is -4.25. The predicted molar refractivity (Wildman–Crippen MR) is 181 cm³/mol. The molecule has 3 unspecified atom stereocenters. The molecule has 0 saturated carbocycles.